The van der Waals surface area contributed by atoms with Crippen molar-refractivity contribution in [3.63, 3.8) is 0 Å². The molecule has 3 aromatic rings. The summed E-state index contributed by atoms with van der Waals surface area (Å²) >= 11 is 0. The fourth-order valence-electron chi connectivity index (χ4n) is 6.90. The quantitative estimate of drug-likeness (QED) is 0.468. The summed E-state index contributed by atoms with van der Waals surface area (Å²) in [5.74, 6) is 1.62. The third kappa shape index (κ3) is 4.15. The van der Waals surface area contributed by atoms with Crippen molar-refractivity contribution in [3.05, 3.63) is 71.3 Å². The van der Waals surface area contributed by atoms with Crippen LogP contribution < -0.4 is 9.47 Å². The van der Waals surface area contributed by atoms with Crippen molar-refractivity contribution in [1.29, 1.82) is 0 Å². The zero-order chi connectivity index (χ0) is 24.9. The average molecular weight is 504 g/mol. The Morgan fingerprint density at radius 3 is 2.68 bits per heavy atom. The highest BCUT2D eigenvalue weighted by molar-refractivity contribution is 5.97. The van der Waals surface area contributed by atoms with Crippen molar-refractivity contribution in [2.24, 2.45) is 11.8 Å². The number of halogens is 1. The van der Waals surface area contributed by atoms with Crippen LogP contribution in [0.1, 0.15) is 40.9 Å². The van der Waals surface area contributed by atoms with Crippen LogP contribution in [0, 0.1) is 17.7 Å². The topological polar surface area (TPSA) is 72.7 Å². The third-order valence-corrected chi connectivity index (χ3v) is 8.50. The molecule has 3 saturated heterocycles. The van der Waals surface area contributed by atoms with Gasteiger partial charge >= 0.3 is 0 Å². The number of amides is 1. The maximum Gasteiger partial charge on any atom is 0.257 e. The number of hydrogen-bond donors (Lipinski definition) is 0. The van der Waals surface area contributed by atoms with Gasteiger partial charge in [-0.15, -0.1) is 5.10 Å². The van der Waals surface area contributed by atoms with E-state index < -0.39 is 5.82 Å². The van der Waals surface area contributed by atoms with Gasteiger partial charge in [0.15, 0.2) is 0 Å². The van der Waals surface area contributed by atoms with Crippen LogP contribution in [-0.4, -0.2) is 62.5 Å². The molecule has 192 valence electrons. The molecule has 0 saturated carbocycles. The van der Waals surface area contributed by atoms with E-state index in [1.54, 1.807) is 10.7 Å². The van der Waals surface area contributed by atoms with Crippen molar-refractivity contribution < 1.29 is 18.7 Å². The Kier molecular flexibility index (Phi) is 5.61. The smallest absolute Gasteiger partial charge is 0.257 e. The largest absolute Gasteiger partial charge is 0.493 e. The molecule has 0 radical (unpaired) electrons. The van der Waals surface area contributed by atoms with Crippen LogP contribution in [0.15, 0.2) is 48.7 Å². The van der Waals surface area contributed by atoms with Crippen LogP contribution in [0.25, 0.3) is 0 Å². The molecule has 5 aliphatic heterocycles. The maximum atomic E-state index is 14.2. The molecular formula is C28H30FN5O3. The zero-order valence-electron chi connectivity index (χ0n) is 20.6. The van der Waals surface area contributed by atoms with Crippen molar-refractivity contribution in [1.82, 2.24) is 24.8 Å². The van der Waals surface area contributed by atoms with Crippen molar-refractivity contribution in [2.45, 2.75) is 51.0 Å². The van der Waals surface area contributed by atoms with Gasteiger partial charge in [-0.25, -0.2) is 4.39 Å². The zero-order valence-corrected chi connectivity index (χ0v) is 20.6. The fourth-order valence-corrected chi connectivity index (χ4v) is 6.90. The number of ether oxygens (including phenoxy) is 2. The molecule has 9 heteroatoms. The predicted octanol–water partition coefficient (Wildman–Crippen LogP) is 3.51. The first-order valence-corrected chi connectivity index (χ1v) is 13.2. The SMILES string of the molecule is O=C1c2cc(F)ccc2OCCCn2cc(nn2)COc2cccc(c2)CN2[C@@H]3CC[C@H]2[C@H]2CN1C[C@H]23. The highest BCUT2D eigenvalue weighted by atomic mass is 19.1. The molecule has 37 heavy (non-hydrogen) atoms. The van der Waals surface area contributed by atoms with Gasteiger partial charge in [0.2, 0.25) is 0 Å². The lowest BCUT2D eigenvalue weighted by atomic mass is 9.82. The summed E-state index contributed by atoms with van der Waals surface area (Å²) in [4.78, 5) is 18.2. The van der Waals surface area contributed by atoms with Crippen LogP contribution in [0.3, 0.4) is 0 Å². The summed E-state index contributed by atoms with van der Waals surface area (Å²) in [5.41, 5.74) is 2.31. The van der Waals surface area contributed by atoms with Crippen LogP contribution in [-0.2, 0) is 19.7 Å². The maximum absolute atomic E-state index is 14.2. The Morgan fingerprint density at radius 2 is 1.84 bits per heavy atom. The lowest BCUT2D eigenvalue weighted by Gasteiger charge is -2.27. The molecule has 10 bridgehead atoms. The van der Waals surface area contributed by atoms with E-state index in [4.69, 9.17) is 9.47 Å². The number of nitrogens with zero attached hydrogens (tertiary/aromatic N) is 5. The van der Waals surface area contributed by atoms with Gasteiger partial charge in [-0.05, 0) is 60.6 Å². The molecule has 1 unspecified atom stereocenters. The standard InChI is InChI=1S/C28H30FN5O3/c29-19-5-8-27-22(12-19)28(35)32-15-23-24(16-32)26-7-6-25(23)34(26)13-18-3-1-4-21(11-18)37-17-20-14-33(31-30-20)9-2-10-36-27/h1,3-5,8,11-12,14,23-26H,2,6-7,9-10,13,15-17H2/t23-,24+,25-,26+. The Hall–Kier alpha value is -3.46. The van der Waals surface area contributed by atoms with E-state index in [0.29, 0.717) is 74.5 Å². The lowest BCUT2D eigenvalue weighted by molar-refractivity contribution is 0.0755. The second kappa shape index (κ2) is 9.13. The molecule has 5 atom stereocenters. The second-order valence-corrected chi connectivity index (χ2v) is 10.7. The van der Waals surface area contributed by atoms with Gasteiger partial charge in [-0.3, -0.25) is 14.4 Å². The van der Waals surface area contributed by atoms with Crippen molar-refractivity contribution in [3.8, 4) is 11.5 Å². The molecule has 2 aromatic carbocycles. The number of aryl methyl sites for hydroxylation is 1. The van der Waals surface area contributed by atoms with Gasteiger partial charge in [0, 0.05) is 44.7 Å². The molecule has 1 aromatic heterocycles. The molecule has 3 fully saturated rings. The summed E-state index contributed by atoms with van der Waals surface area (Å²) in [6.07, 6.45) is 4.87. The third-order valence-electron chi connectivity index (χ3n) is 8.50. The minimum atomic E-state index is -0.425. The van der Waals surface area contributed by atoms with Gasteiger partial charge in [0.25, 0.3) is 5.91 Å². The summed E-state index contributed by atoms with van der Waals surface area (Å²) in [5, 5.41) is 8.41. The Labute approximate surface area is 215 Å². The lowest BCUT2D eigenvalue weighted by Crippen LogP contribution is -2.37. The van der Waals surface area contributed by atoms with E-state index in [9.17, 15) is 9.18 Å². The first-order valence-electron chi connectivity index (χ1n) is 13.2. The van der Waals surface area contributed by atoms with E-state index in [2.05, 4.69) is 27.3 Å². The van der Waals surface area contributed by atoms with Gasteiger partial charge in [-0.2, -0.15) is 0 Å². The highest BCUT2D eigenvalue weighted by Gasteiger charge is 2.56. The number of aromatic nitrogens is 3. The predicted molar refractivity (Wildman–Crippen MR) is 133 cm³/mol. The van der Waals surface area contributed by atoms with E-state index in [1.165, 1.54) is 17.7 Å². The number of carbonyl (C=O) groups is 1. The van der Waals surface area contributed by atoms with Crippen LogP contribution >= 0.6 is 0 Å². The van der Waals surface area contributed by atoms with Crippen molar-refractivity contribution >= 4 is 5.91 Å². The van der Waals surface area contributed by atoms with Crippen LogP contribution in [0.2, 0.25) is 0 Å². The Bertz CT molecular complexity index is 1310. The van der Waals surface area contributed by atoms with Crippen molar-refractivity contribution in [2.75, 3.05) is 19.7 Å². The van der Waals surface area contributed by atoms with Gasteiger partial charge in [0.1, 0.15) is 29.6 Å². The molecule has 0 spiro atoms. The average Bonchev–Trinajstić information content (AvgIpc) is 3.68. The Balaban J connectivity index is 1.18. The molecule has 8 nitrogen and oxygen atoms in total. The fraction of sp³-hybridized carbons (Fsp3) is 0.464. The summed E-state index contributed by atoms with van der Waals surface area (Å²) in [6, 6.07) is 13.5. The first kappa shape index (κ1) is 22.7. The van der Waals surface area contributed by atoms with Crippen LogP contribution in [0.5, 0.6) is 11.5 Å². The van der Waals surface area contributed by atoms with E-state index in [1.807, 2.05) is 23.2 Å². The molecule has 0 N–H and O–H groups in total. The minimum Gasteiger partial charge on any atom is -0.493 e. The summed E-state index contributed by atoms with van der Waals surface area (Å²) in [6.45, 7) is 3.67. The number of carbonyl (C=O) groups excluding carboxylic acids is 1. The van der Waals surface area contributed by atoms with Gasteiger partial charge < -0.3 is 14.4 Å². The van der Waals surface area contributed by atoms with E-state index >= 15 is 0 Å². The summed E-state index contributed by atoms with van der Waals surface area (Å²) < 4.78 is 28.0. The number of rotatable bonds is 0. The molecule has 1 amide bonds. The molecule has 5 aliphatic rings. The number of fused-ring (bicyclic) bond motifs is 4. The minimum absolute atomic E-state index is 0.133. The van der Waals surface area contributed by atoms with Gasteiger partial charge in [0.05, 0.1) is 18.4 Å². The monoisotopic (exact) mass is 503 g/mol. The number of hydrogen-bond acceptors (Lipinski definition) is 6. The Morgan fingerprint density at radius 1 is 1.00 bits per heavy atom. The van der Waals surface area contributed by atoms with Gasteiger partial charge in [-0.1, -0.05) is 17.3 Å². The summed E-state index contributed by atoms with van der Waals surface area (Å²) in [7, 11) is 0. The highest BCUT2D eigenvalue weighted by Crippen LogP contribution is 2.50. The molecule has 8 rings (SSSR count). The van der Waals surface area contributed by atoms with E-state index in [0.717, 1.165) is 30.8 Å². The second-order valence-electron chi connectivity index (χ2n) is 10.7. The molecule has 6 heterocycles. The number of benzene rings is 2. The molecule has 0 aliphatic carbocycles. The van der Waals surface area contributed by atoms with Crippen LogP contribution in [0.4, 0.5) is 4.39 Å². The van der Waals surface area contributed by atoms with E-state index in [-0.39, 0.29) is 5.91 Å². The first-order chi connectivity index (χ1) is 18.1. The molecular weight excluding hydrogens is 473 g/mol. The normalized spacial score (nSPS) is 28.9.